The van der Waals surface area contributed by atoms with E-state index in [1.54, 1.807) is 6.20 Å². The molecule has 0 unspecified atom stereocenters. The molecule has 0 aliphatic rings. The average molecular weight is 280 g/mol. The van der Waals surface area contributed by atoms with Gasteiger partial charge in [0.2, 0.25) is 5.82 Å². The third-order valence-corrected chi connectivity index (χ3v) is 3.39. The maximum absolute atomic E-state index is 5.76. The number of nitrogens with two attached hydrogens (primary N) is 1. The SMILES string of the molecule is CCc1cccnc1-c1noc(-c2ccc(N)cc2C)n1. The summed E-state index contributed by atoms with van der Waals surface area (Å²) in [6.07, 6.45) is 2.60. The van der Waals surface area contributed by atoms with Crippen LogP contribution in [0.1, 0.15) is 18.1 Å². The zero-order valence-electron chi connectivity index (χ0n) is 12.0. The van der Waals surface area contributed by atoms with Crippen molar-refractivity contribution in [1.82, 2.24) is 15.1 Å². The van der Waals surface area contributed by atoms with Crippen LogP contribution < -0.4 is 5.73 Å². The smallest absolute Gasteiger partial charge is 0.258 e. The monoisotopic (exact) mass is 280 g/mol. The van der Waals surface area contributed by atoms with Gasteiger partial charge in [0, 0.05) is 17.4 Å². The van der Waals surface area contributed by atoms with Crippen LogP contribution in [0.3, 0.4) is 0 Å². The van der Waals surface area contributed by atoms with E-state index in [9.17, 15) is 0 Å². The van der Waals surface area contributed by atoms with Gasteiger partial charge in [-0.15, -0.1) is 0 Å². The average Bonchev–Trinajstić information content (AvgIpc) is 2.96. The molecule has 0 bridgehead atoms. The van der Waals surface area contributed by atoms with E-state index in [4.69, 9.17) is 10.3 Å². The number of aromatic nitrogens is 3. The number of nitrogen functional groups attached to an aromatic ring is 1. The molecule has 3 aromatic rings. The molecule has 2 N–H and O–H groups in total. The Morgan fingerprint density at radius 2 is 2.10 bits per heavy atom. The van der Waals surface area contributed by atoms with E-state index in [1.807, 2.05) is 37.3 Å². The highest BCUT2D eigenvalue weighted by molar-refractivity contribution is 5.64. The Labute approximate surface area is 122 Å². The summed E-state index contributed by atoms with van der Waals surface area (Å²) in [5.41, 5.74) is 10.2. The van der Waals surface area contributed by atoms with Gasteiger partial charge in [-0.1, -0.05) is 18.1 Å². The minimum atomic E-state index is 0.482. The zero-order valence-corrected chi connectivity index (χ0v) is 12.0. The predicted molar refractivity (Wildman–Crippen MR) is 81.5 cm³/mol. The maximum atomic E-state index is 5.76. The summed E-state index contributed by atoms with van der Waals surface area (Å²) >= 11 is 0. The number of rotatable bonds is 3. The molecular weight excluding hydrogens is 264 g/mol. The molecule has 2 aromatic heterocycles. The number of anilines is 1. The molecule has 0 fully saturated rings. The zero-order chi connectivity index (χ0) is 14.8. The number of hydrogen-bond acceptors (Lipinski definition) is 5. The lowest BCUT2D eigenvalue weighted by Crippen LogP contribution is -1.93. The Balaban J connectivity index is 2.04. The molecule has 0 spiro atoms. The van der Waals surface area contributed by atoms with E-state index in [-0.39, 0.29) is 0 Å². The van der Waals surface area contributed by atoms with Gasteiger partial charge in [0.1, 0.15) is 5.69 Å². The van der Waals surface area contributed by atoms with Gasteiger partial charge >= 0.3 is 0 Å². The summed E-state index contributed by atoms with van der Waals surface area (Å²) < 4.78 is 5.38. The molecule has 0 saturated heterocycles. The number of pyridine rings is 1. The first-order chi connectivity index (χ1) is 10.2. The fourth-order valence-electron chi connectivity index (χ4n) is 2.28. The van der Waals surface area contributed by atoms with Gasteiger partial charge in [-0.25, -0.2) is 0 Å². The Morgan fingerprint density at radius 3 is 2.86 bits per heavy atom. The van der Waals surface area contributed by atoms with Crippen molar-refractivity contribution in [2.24, 2.45) is 0 Å². The van der Waals surface area contributed by atoms with Crippen LogP contribution in [0.15, 0.2) is 41.1 Å². The molecule has 0 radical (unpaired) electrons. The van der Waals surface area contributed by atoms with E-state index in [1.165, 1.54) is 0 Å². The summed E-state index contributed by atoms with van der Waals surface area (Å²) in [4.78, 5) is 8.83. The third-order valence-electron chi connectivity index (χ3n) is 3.39. The van der Waals surface area contributed by atoms with Crippen molar-refractivity contribution in [2.75, 3.05) is 5.73 Å². The highest BCUT2D eigenvalue weighted by Gasteiger charge is 2.15. The second-order valence-corrected chi connectivity index (χ2v) is 4.86. The number of nitrogens with zero attached hydrogens (tertiary/aromatic N) is 3. The predicted octanol–water partition coefficient (Wildman–Crippen LogP) is 3.25. The van der Waals surface area contributed by atoms with E-state index < -0.39 is 0 Å². The molecule has 0 amide bonds. The van der Waals surface area contributed by atoms with Crippen LogP contribution >= 0.6 is 0 Å². The van der Waals surface area contributed by atoms with E-state index in [2.05, 4.69) is 22.0 Å². The molecule has 1 aromatic carbocycles. The van der Waals surface area contributed by atoms with Gasteiger partial charge in [0.05, 0.1) is 0 Å². The Kier molecular flexibility index (Phi) is 3.39. The number of hydrogen-bond donors (Lipinski definition) is 1. The van der Waals surface area contributed by atoms with Gasteiger partial charge in [-0.2, -0.15) is 4.98 Å². The van der Waals surface area contributed by atoms with Crippen LogP contribution in [-0.2, 0) is 6.42 Å². The van der Waals surface area contributed by atoms with Crippen molar-refractivity contribution in [3.8, 4) is 23.0 Å². The quantitative estimate of drug-likeness (QED) is 0.745. The first kappa shape index (κ1) is 13.3. The van der Waals surface area contributed by atoms with Crippen LogP contribution in [0.25, 0.3) is 23.0 Å². The van der Waals surface area contributed by atoms with Gasteiger partial charge in [-0.05, 0) is 48.7 Å². The summed E-state index contributed by atoms with van der Waals surface area (Å²) in [7, 11) is 0. The summed E-state index contributed by atoms with van der Waals surface area (Å²) in [6, 6.07) is 9.53. The standard InChI is InChI=1S/C16H16N4O/c1-3-11-5-4-8-18-14(11)15-19-16(21-20-15)13-7-6-12(17)9-10(13)2/h4-9H,3,17H2,1-2H3. The van der Waals surface area contributed by atoms with Crippen LogP contribution in [0.5, 0.6) is 0 Å². The number of aryl methyl sites for hydroxylation is 2. The lowest BCUT2D eigenvalue weighted by molar-refractivity contribution is 0.432. The fraction of sp³-hybridized carbons (Fsp3) is 0.188. The molecule has 0 aliphatic heterocycles. The highest BCUT2D eigenvalue weighted by Crippen LogP contribution is 2.26. The van der Waals surface area contributed by atoms with E-state index in [0.29, 0.717) is 17.4 Å². The molecule has 3 rings (SSSR count). The molecular formula is C16H16N4O. The lowest BCUT2D eigenvalue weighted by Gasteiger charge is -2.02. The van der Waals surface area contributed by atoms with E-state index >= 15 is 0 Å². The van der Waals surface area contributed by atoms with Gasteiger partial charge in [0.25, 0.3) is 5.89 Å². The Bertz CT molecular complexity index is 779. The summed E-state index contributed by atoms with van der Waals surface area (Å²) in [5, 5.41) is 4.06. The number of benzene rings is 1. The van der Waals surface area contributed by atoms with Gasteiger partial charge < -0.3 is 10.3 Å². The molecule has 2 heterocycles. The molecule has 21 heavy (non-hydrogen) atoms. The first-order valence-corrected chi connectivity index (χ1v) is 6.83. The molecule has 0 aliphatic carbocycles. The van der Waals surface area contributed by atoms with Crippen LogP contribution in [0.2, 0.25) is 0 Å². The van der Waals surface area contributed by atoms with Crippen molar-refractivity contribution in [3.05, 3.63) is 47.7 Å². The molecule has 0 saturated carbocycles. The maximum Gasteiger partial charge on any atom is 0.258 e. The van der Waals surface area contributed by atoms with Crippen molar-refractivity contribution in [3.63, 3.8) is 0 Å². The summed E-state index contributed by atoms with van der Waals surface area (Å²) in [5.74, 6) is 0.994. The minimum Gasteiger partial charge on any atom is -0.399 e. The highest BCUT2D eigenvalue weighted by atomic mass is 16.5. The Morgan fingerprint density at radius 1 is 1.24 bits per heavy atom. The first-order valence-electron chi connectivity index (χ1n) is 6.83. The molecule has 5 heteroatoms. The Hall–Kier alpha value is -2.69. The van der Waals surface area contributed by atoms with E-state index in [0.717, 1.165) is 28.8 Å². The largest absolute Gasteiger partial charge is 0.399 e. The second-order valence-electron chi connectivity index (χ2n) is 4.86. The minimum absolute atomic E-state index is 0.482. The van der Waals surface area contributed by atoms with Crippen LogP contribution in [0.4, 0.5) is 5.69 Å². The topological polar surface area (TPSA) is 77.8 Å². The normalized spacial score (nSPS) is 10.8. The van der Waals surface area contributed by atoms with Crippen molar-refractivity contribution in [1.29, 1.82) is 0 Å². The van der Waals surface area contributed by atoms with Gasteiger partial charge in [-0.3, -0.25) is 4.98 Å². The van der Waals surface area contributed by atoms with Gasteiger partial charge in [0.15, 0.2) is 0 Å². The third kappa shape index (κ3) is 2.50. The van der Waals surface area contributed by atoms with Crippen LogP contribution in [0, 0.1) is 6.92 Å². The fourth-order valence-corrected chi connectivity index (χ4v) is 2.28. The van der Waals surface area contributed by atoms with Crippen molar-refractivity contribution in [2.45, 2.75) is 20.3 Å². The van der Waals surface area contributed by atoms with Crippen molar-refractivity contribution >= 4 is 5.69 Å². The molecule has 0 atom stereocenters. The second kappa shape index (κ2) is 5.36. The van der Waals surface area contributed by atoms with Crippen LogP contribution in [-0.4, -0.2) is 15.1 Å². The summed E-state index contributed by atoms with van der Waals surface area (Å²) in [6.45, 7) is 4.04. The molecule has 106 valence electrons. The van der Waals surface area contributed by atoms with Crippen molar-refractivity contribution < 1.29 is 4.52 Å². The lowest BCUT2D eigenvalue weighted by atomic mass is 10.1. The molecule has 5 nitrogen and oxygen atoms in total.